The highest BCUT2D eigenvalue weighted by Crippen LogP contribution is 2.32. The normalized spacial score (nSPS) is 18.2. The van der Waals surface area contributed by atoms with Crippen LogP contribution in [0.4, 0.5) is 20.3 Å². The maximum atomic E-state index is 13.9. The third-order valence-electron chi connectivity index (χ3n) is 5.58. The van der Waals surface area contributed by atoms with E-state index in [0.717, 1.165) is 18.4 Å². The van der Waals surface area contributed by atoms with Gasteiger partial charge in [0.1, 0.15) is 5.82 Å². The van der Waals surface area contributed by atoms with Crippen molar-refractivity contribution in [3.05, 3.63) is 53.2 Å². The van der Waals surface area contributed by atoms with Crippen LogP contribution in [0.2, 0.25) is 0 Å². The zero-order valence-electron chi connectivity index (χ0n) is 17.0. The van der Waals surface area contributed by atoms with E-state index in [4.69, 9.17) is 0 Å². The van der Waals surface area contributed by atoms with E-state index >= 15 is 0 Å². The molecule has 30 heavy (non-hydrogen) atoms. The van der Waals surface area contributed by atoms with Gasteiger partial charge in [-0.2, -0.15) is 0 Å². The van der Waals surface area contributed by atoms with Crippen LogP contribution < -0.4 is 10.2 Å². The maximum absolute atomic E-state index is 13.9. The molecular formula is C24H25F2N3O. The lowest BCUT2D eigenvalue weighted by Gasteiger charge is -2.25. The summed E-state index contributed by atoms with van der Waals surface area (Å²) in [7, 11) is 0. The molecule has 156 valence electrons. The maximum Gasteiger partial charge on any atom is 0.259 e. The Labute approximate surface area is 175 Å². The molecule has 1 saturated heterocycles. The fourth-order valence-electron chi connectivity index (χ4n) is 3.63. The first-order valence-corrected chi connectivity index (χ1v) is 10.4. The SMILES string of the molecule is Cc1c(C#CC2CC2)cnc(N2CCCC(F)(F)CC2)c1C(=O)Nc1ccccc1. The summed E-state index contributed by atoms with van der Waals surface area (Å²) in [5, 5.41) is 2.91. The van der Waals surface area contributed by atoms with Crippen LogP contribution in [-0.2, 0) is 0 Å². The standard InChI is InChI=1S/C24H25F2N3O/c1-17-19(11-10-18-8-9-18)16-27-22(29-14-5-12-24(25,26)13-15-29)21(17)23(30)28-20-6-3-2-4-7-20/h2-4,6-7,16,18H,5,8-9,12-15H2,1H3,(H,28,30). The molecule has 0 spiro atoms. The van der Waals surface area contributed by atoms with E-state index in [9.17, 15) is 13.6 Å². The van der Waals surface area contributed by atoms with Crippen molar-refractivity contribution in [1.29, 1.82) is 0 Å². The molecule has 6 heteroatoms. The number of carbonyl (C=O) groups is 1. The van der Waals surface area contributed by atoms with Gasteiger partial charge in [0.2, 0.25) is 5.92 Å². The Morgan fingerprint density at radius 2 is 1.97 bits per heavy atom. The summed E-state index contributed by atoms with van der Waals surface area (Å²) in [5.74, 6) is 4.28. The van der Waals surface area contributed by atoms with Crippen molar-refractivity contribution in [3.8, 4) is 11.8 Å². The Morgan fingerprint density at radius 3 is 2.70 bits per heavy atom. The Balaban J connectivity index is 1.70. The Hall–Kier alpha value is -2.94. The molecule has 1 saturated carbocycles. The van der Waals surface area contributed by atoms with Crippen molar-refractivity contribution in [2.75, 3.05) is 23.3 Å². The number of pyridine rings is 1. The van der Waals surface area contributed by atoms with Crippen molar-refractivity contribution in [1.82, 2.24) is 4.98 Å². The minimum Gasteiger partial charge on any atom is -0.356 e. The molecule has 2 heterocycles. The molecule has 0 bridgehead atoms. The summed E-state index contributed by atoms with van der Waals surface area (Å²) in [6, 6.07) is 9.18. The lowest BCUT2D eigenvalue weighted by Crippen LogP contribution is -2.30. The molecule has 2 aliphatic rings. The lowest BCUT2D eigenvalue weighted by atomic mass is 10.0. The average molecular weight is 409 g/mol. The molecule has 1 aromatic heterocycles. The number of alkyl halides is 2. The van der Waals surface area contributed by atoms with Crippen LogP contribution in [-0.4, -0.2) is 29.9 Å². The monoisotopic (exact) mass is 409 g/mol. The quantitative estimate of drug-likeness (QED) is 0.724. The van der Waals surface area contributed by atoms with E-state index in [0.29, 0.717) is 41.5 Å². The predicted octanol–water partition coefficient (Wildman–Crippen LogP) is 5.03. The lowest BCUT2D eigenvalue weighted by molar-refractivity contribution is -0.0102. The van der Waals surface area contributed by atoms with Gasteiger partial charge in [-0.05, 0) is 43.9 Å². The molecule has 1 N–H and O–H groups in total. The van der Waals surface area contributed by atoms with Gasteiger partial charge in [0, 0.05) is 49.3 Å². The van der Waals surface area contributed by atoms with Crippen LogP contribution in [0.5, 0.6) is 0 Å². The van der Waals surface area contributed by atoms with Crippen LogP contribution >= 0.6 is 0 Å². The molecular weight excluding hydrogens is 384 g/mol. The van der Waals surface area contributed by atoms with Crippen LogP contribution in [0.3, 0.4) is 0 Å². The third-order valence-corrected chi connectivity index (χ3v) is 5.58. The number of anilines is 2. The third kappa shape index (κ3) is 4.79. The molecule has 4 nitrogen and oxygen atoms in total. The van der Waals surface area contributed by atoms with Gasteiger partial charge in [0.25, 0.3) is 5.91 Å². The first-order chi connectivity index (χ1) is 14.4. The number of aromatic nitrogens is 1. The molecule has 2 fully saturated rings. The van der Waals surface area contributed by atoms with Crippen LogP contribution in [0.1, 0.15) is 53.6 Å². The zero-order valence-corrected chi connectivity index (χ0v) is 17.0. The summed E-state index contributed by atoms with van der Waals surface area (Å²) in [4.78, 5) is 19.6. The number of hydrogen-bond acceptors (Lipinski definition) is 3. The summed E-state index contributed by atoms with van der Waals surface area (Å²) in [6.07, 6.45) is 3.87. The van der Waals surface area contributed by atoms with Crippen LogP contribution in [0.25, 0.3) is 0 Å². The van der Waals surface area contributed by atoms with E-state index in [2.05, 4.69) is 22.1 Å². The topological polar surface area (TPSA) is 45.2 Å². The number of hydrogen-bond donors (Lipinski definition) is 1. The average Bonchev–Trinajstić information content (AvgIpc) is 3.55. The molecule has 1 aliphatic carbocycles. The smallest absolute Gasteiger partial charge is 0.259 e. The number of carbonyl (C=O) groups excluding carboxylic acids is 1. The van der Waals surface area contributed by atoms with Crippen molar-refractivity contribution in [3.63, 3.8) is 0 Å². The van der Waals surface area contributed by atoms with Crippen molar-refractivity contribution in [2.45, 2.75) is 45.0 Å². The van der Waals surface area contributed by atoms with Gasteiger partial charge in [-0.3, -0.25) is 4.79 Å². The van der Waals surface area contributed by atoms with Crippen molar-refractivity contribution >= 4 is 17.4 Å². The highest BCUT2D eigenvalue weighted by molar-refractivity contribution is 6.09. The largest absolute Gasteiger partial charge is 0.356 e. The Morgan fingerprint density at radius 1 is 1.20 bits per heavy atom. The highest BCUT2D eigenvalue weighted by atomic mass is 19.3. The number of para-hydroxylation sites is 1. The van der Waals surface area contributed by atoms with Gasteiger partial charge in [-0.1, -0.05) is 30.0 Å². The molecule has 1 aromatic carbocycles. The second-order valence-electron chi connectivity index (χ2n) is 8.06. The summed E-state index contributed by atoms with van der Waals surface area (Å²) in [6.45, 7) is 2.47. The van der Waals surface area contributed by atoms with Crippen LogP contribution in [0, 0.1) is 24.7 Å². The summed E-state index contributed by atoms with van der Waals surface area (Å²) in [5.41, 5.74) is 2.53. The number of benzene rings is 1. The van der Waals surface area contributed by atoms with E-state index < -0.39 is 5.92 Å². The Kier molecular flexibility index (Phi) is 5.72. The molecule has 0 unspecified atom stereocenters. The van der Waals surface area contributed by atoms with E-state index in [1.807, 2.05) is 42.2 Å². The number of amides is 1. The fraction of sp³-hybridized carbons (Fsp3) is 0.417. The van der Waals surface area contributed by atoms with E-state index in [-0.39, 0.29) is 25.3 Å². The fourth-order valence-corrected chi connectivity index (χ4v) is 3.63. The zero-order chi connectivity index (χ0) is 21.1. The van der Waals surface area contributed by atoms with Gasteiger partial charge in [0.05, 0.1) is 5.56 Å². The number of nitrogens with one attached hydrogen (secondary N) is 1. The minimum absolute atomic E-state index is 0.140. The summed E-state index contributed by atoms with van der Waals surface area (Å²) >= 11 is 0. The molecule has 2 aromatic rings. The van der Waals surface area contributed by atoms with Crippen molar-refractivity contribution in [2.24, 2.45) is 5.92 Å². The van der Waals surface area contributed by atoms with Gasteiger partial charge >= 0.3 is 0 Å². The molecule has 1 amide bonds. The highest BCUT2D eigenvalue weighted by Gasteiger charge is 2.33. The van der Waals surface area contributed by atoms with Gasteiger partial charge in [-0.15, -0.1) is 0 Å². The number of halogens is 2. The van der Waals surface area contributed by atoms with Gasteiger partial charge in [-0.25, -0.2) is 13.8 Å². The minimum atomic E-state index is -2.67. The Bertz CT molecular complexity index is 991. The summed E-state index contributed by atoms with van der Waals surface area (Å²) < 4.78 is 27.8. The second kappa shape index (κ2) is 8.43. The van der Waals surface area contributed by atoms with Crippen LogP contribution in [0.15, 0.2) is 36.5 Å². The molecule has 0 atom stereocenters. The van der Waals surface area contributed by atoms with E-state index in [1.54, 1.807) is 6.20 Å². The first kappa shape index (κ1) is 20.3. The molecule has 0 radical (unpaired) electrons. The molecule has 4 rings (SSSR count). The van der Waals surface area contributed by atoms with Gasteiger partial charge < -0.3 is 10.2 Å². The van der Waals surface area contributed by atoms with E-state index in [1.165, 1.54) is 0 Å². The predicted molar refractivity (Wildman–Crippen MR) is 114 cm³/mol. The number of rotatable bonds is 3. The first-order valence-electron chi connectivity index (χ1n) is 10.4. The second-order valence-corrected chi connectivity index (χ2v) is 8.06. The number of nitrogens with zero attached hydrogens (tertiary/aromatic N) is 2. The van der Waals surface area contributed by atoms with Crippen molar-refractivity contribution < 1.29 is 13.6 Å². The molecule has 1 aliphatic heterocycles. The van der Waals surface area contributed by atoms with Gasteiger partial charge in [0.15, 0.2) is 0 Å².